The van der Waals surface area contributed by atoms with Crippen molar-refractivity contribution in [3.05, 3.63) is 102 Å². The van der Waals surface area contributed by atoms with Crippen LogP contribution in [-0.4, -0.2) is 32.1 Å². The molecule has 30 heavy (non-hydrogen) atoms. The van der Waals surface area contributed by atoms with Gasteiger partial charge in [-0.25, -0.2) is 9.48 Å². The molecule has 3 aromatic carbocycles. The van der Waals surface area contributed by atoms with E-state index in [-0.39, 0.29) is 12.5 Å². The molecule has 0 radical (unpaired) electrons. The molecule has 0 saturated carbocycles. The Morgan fingerprint density at radius 1 is 0.900 bits per heavy atom. The van der Waals surface area contributed by atoms with Crippen molar-refractivity contribution < 1.29 is 14.3 Å². The van der Waals surface area contributed by atoms with Crippen molar-refractivity contribution in [1.82, 2.24) is 20.2 Å². The van der Waals surface area contributed by atoms with Crippen LogP contribution in [0.15, 0.2) is 85.2 Å². The number of hydrogen-bond acceptors (Lipinski definition) is 6. The summed E-state index contributed by atoms with van der Waals surface area (Å²) >= 11 is 0. The van der Waals surface area contributed by atoms with E-state index < -0.39 is 5.97 Å². The van der Waals surface area contributed by atoms with Crippen LogP contribution in [0.5, 0.6) is 0 Å². The number of tetrazole rings is 1. The van der Waals surface area contributed by atoms with Crippen LogP contribution in [0.1, 0.15) is 26.3 Å². The molecule has 8 nitrogen and oxygen atoms in total. The van der Waals surface area contributed by atoms with Crippen molar-refractivity contribution in [2.24, 2.45) is 0 Å². The summed E-state index contributed by atoms with van der Waals surface area (Å²) < 4.78 is 6.80. The minimum absolute atomic E-state index is 0.181. The fourth-order valence-corrected chi connectivity index (χ4v) is 2.80. The van der Waals surface area contributed by atoms with Gasteiger partial charge >= 0.3 is 5.97 Å². The van der Waals surface area contributed by atoms with Gasteiger partial charge in [-0.2, -0.15) is 0 Å². The molecule has 4 aromatic rings. The molecule has 1 aromatic heterocycles. The Kier molecular flexibility index (Phi) is 5.56. The van der Waals surface area contributed by atoms with E-state index in [9.17, 15) is 9.59 Å². The first-order valence-electron chi connectivity index (χ1n) is 9.15. The summed E-state index contributed by atoms with van der Waals surface area (Å²) in [5.74, 6) is -0.782. The number of ether oxygens (including phenoxy) is 1. The van der Waals surface area contributed by atoms with Crippen LogP contribution in [-0.2, 0) is 11.3 Å². The Morgan fingerprint density at radius 3 is 2.50 bits per heavy atom. The van der Waals surface area contributed by atoms with Gasteiger partial charge in [-0.15, -0.1) is 5.10 Å². The van der Waals surface area contributed by atoms with Crippen LogP contribution in [0.2, 0.25) is 0 Å². The van der Waals surface area contributed by atoms with Crippen LogP contribution in [0.4, 0.5) is 5.69 Å². The smallest absolute Gasteiger partial charge is 0.338 e. The Labute approximate surface area is 172 Å². The van der Waals surface area contributed by atoms with Crippen LogP contribution < -0.4 is 5.32 Å². The minimum Gasteiger partial charge on any atom is -0.457 e. The maximum absolute atomic E-state index is 12.6. The van der Waals surface area contributed by atoms with Gasteiger partial charge < -0.3 is 10.1 Å². The zero-order valence-corrected chi connectivity index (χ0v) is 15.8. The molecule has 1 N–H and O–H groups in total. The number of anilines is 1. The molecule has 8 heteroatoms. The van der Waals surface area contributed by atoms with Gasteiger partial charge in [-0.3, -0.25) is 4.79 Å². The first-order valence-corrected chi connectivity index (χ1v) is 9.15. The highest BCUT2D eigenvalue weighted by atomic mass is 16.5. The predicted molar refractivity (Wildman–Crippen MR) is 109 cm³/mol. The lowest BCUT2D eigenvalue weighted by molar-refractivity contribution is 0.0472. The minimum atomic E-state index is -0.462. The van der Waals surface area contributed by atoms with Gasteiger partial charge in [-0.1, -0.05) is 42.5 Å². The Morgan fingerprint density at radius 2 is 1.70 bits per heavy atom. The molecule has 0 saturated heterocycles. The Balaban J connectivity index is 1.43. The van der Waals surface area contributed by atoms with Crippen molar-refractivity contribution in [1.29, 1.82) is 0 Å². The van der Waals surface area contributed by atoms with Gasteiger partial charge in [0.05, 0.1) is 11.3 Å². The number of carbonyl (C=O) groups excluding carboxylic acids is 2. The van der Waals surface area contributed by atoms with Crippen molar-refractivity contribution in [2.75, 3.05) is 5.32 Å². The Bertz CT molecular complexity index is 1160. The summed E-state index contributed by atoms with van der Waals surface area (Å²) in [5, 5.41) is 13.8. The summed E-state index contributed by atoms with van der Waals surface area (Å²) in [7, 11) is 0. The van der Waals surface area contributed by atoms with Crippen molar-refractivity contribution >= 4 is 17.6 Å². The predicted octanol–water partition coefficient (Wildman–Crippen LogP) is 3.27. The third kappa shape index (κ3) is 4.56. The second-order valence-corrected chi connectivity index (χ2v) is 6.40. The average Bonchev–Trinajstić information content (AvgIpc) is 3.33. The van der Waals surface area contributed by atoms with E-state index in [1.807, 2.05) is 30.3 Å². The molecule has 0 unspecified atom stereocenters. The normalized spacial score (nSPS) is 10.4. The molecular formula is C22H17N5O3. The third-order valence-electron chi connectivity index (χ3n) is 4.29. The summed E-state index contributed by atoms with van der Waals surface area (Å²) in [5.41, 5.74) is 2.83. The summed E-state index contributed by atoms with van der Waals surface area (Å²) in [6, 6.07) is 22.9. The van der Waals surface area contributed by atoms with Crippen LogP contribution in [0, 0.1) is 0 Å². The standard InChI is InChI=1S/C22H17N5O3/c28-21(17-8-5-11-20(13-17)27-15-23-25-26-27)24-19-10-4-9-18(12-19)22(29)30-14-16-6-2-1-3-7-16/h1-13,15H,14H2,(H,24,28). The SMILES string of the molecule is O=C(Nc1cccc(C(=O)OCc2ccccc2)c1)c1cccc(-n2cnnn2)c1. The van der Waals surface area contributed by atoms with Crippen molar-refractivity contribution in [3.8, 4) is 5.69 Å². The number of esters is 1. The van der Waals surface area contributed by atoms with E-state index in [0.29, 0.717) is 22.5 Å². The highest BCUT2D eigenvalue weighted by Crippen LogP contribution is 2.15. The first-order chi connectivity index (χ1) is 14.7. The second-order valence-electron chi connectivity index (χ2n) is 6.40. The van der Waals surface area contributed by atoms with Crippen LogP contribution in [0.25, 0.3) is 5.69 Å². The number of nitrogens with one attached hydrogen (secondary N) is 1. The van der Waals surface area contributed by atoms with Gasteiger partial charge in [0.2, 0.25) is 0 Å². The molecule has 1 heterocycles. The first kappa shape index (κ1) is 19.0. The number of amides is 1. The highest BCUT2D eigenvalue weighted by Gasteiger charge is 2.11. The molecule has 0 aliphatic carbocycles. The number of hydrogen-bond donors (Lipinski definition) is 1. The van der Waals surface area contributed by atoms with E-state index in [1.54, 1.807) is 48.5 Å². The molecule has 0 aliphatic rings. The fraction of sp³-hybridized carbons (Fsp3) is 0.0455. The molecule has 148 valence electrons. The van der Waals surface area contributed by atoms with Gasteiger partial charge in [0, 0.05) is 11.3 Å². The third-order valence-corrected chi connectivity index (χ3v) is 4.29. The van der Waals surface area contributed by atoms with Gasteiger partial charge in [0.15, 0.2) is 0 Å². The molecule has 0 atom stereocenters. The van der Waals surface area contributed by atoms with E-state index in [0.717, 1.165) is 5.56 Å². The number of carbonyl (C=O) groups is 2. The van der Waals surface area contributed by atoms with Crippen LogP contribution in [0.3, 0.4) is 0 Å². The number of nitrogens with zero attached hydrogens (tertiary/aromatic N) is 4. The maximum atomic E-state index is 12.6. The van der Waals surface area contributed by atoms with Gasteiger partial charge in [0.25, 0.3) is 5.91 Å². The van der Waals surface area contributed by atoms with Gasteiger partial charge in [-0.05, 0) is 52.4 Å². The second kappa shape index (κ2) is 8.78. The molecule has 0 bridgehead atoms. The van der Waals surface area contributed by atoms with E-state index >= 15 is 0 Å². The lowest BCUT2D eigenvalue weighted by atomic mass is 10.1. The van der Waals surface area contributed by atoms with Crippen molar-refractivity contribution in [2.45, 2.75) is 6.61 Å². The molecular weight excluding hydrogens is 382 g/mol. The molecule has 0 aliphatic heterocycles. The average molecular weight is 399 g/mol. The van der Waals surface area contributed by atoms with E-state index in [1.165, 1.54) is 11.0 Å². The quantitative estimate of drug-likeness (QED) is 0.500. The molecule has 0 spiro atoms. The van der Waals surface area contributed by atoms with Crippen molar-refractivity contribution in [3.63, 3.8) is 0 Å². The lowest BCUT2D eigenvalue weighted by Gasteiger charge is -2.09. The largest absolute Gasteiger partial charge is 0.457 e. The molecule has 4 rings (SSSR count). The fourth-order valence-electron chi connectivity index (χ4n) is 2.80. The molecule has 0 fully saturated rings. The maximum Gasteiger partial charge on any atom is 0.338 e. The molecule has 1 amide bonds. The topological polar surface area (TPSA) is 99.0 Å². The van der Waals surface area contributed by atoms with E-state index in [4.69, 9.17) is 4.74 Å². The summed E-state index contributed by atoms with van der Waals surface area (Å²) in [4.78, 5) is 25.0. The Hall–Kier alpha value is -4.33. The lowest BCUT2D eigenvalue weighted by Crippen LogP contribution is -2.13. The zero-order valence-electron chi connectivity index (χ0n) is 15.8. The number of aromatic nitrogens is 4. The van der Waals surface area contributed by atoms with Gasteiger partial charge in [0.1, 0.15) is 12.9 Å². The zero-order chi connectivity index (χ0) is 20.8. The summed E-state index contributed by atoms with van der Waals surface area (Å²) in [6.07, 6.45) is 1.45. The summed E-state index contributed by atoms with van der Waals surface area (Å²) in [6.45, 7) is 0.181. The van der Waals surface area contributed by atoms with Crippen LogP contribution >= 0.6 is 0 Å². The monoisotopic (exact) mass is 399 g/mol. The number of rotatable bonds is 6. The van der Waals surface area contributed by atoms with E-state index in [2.05, 4.69) is 20.8 Å². The highest BCUT2D eigenvalue weighted by molar-refractivity contribution is 6.05. The number of benzene rings is 3.